The van der Waals surface area contributed by atoms with Gasteiger partial charge in [0, 0.05) is 26.1 Å². The summed E-state index contributed by atoms with van der Waals surface area (Å²) in [5.41, 5.74) is 0.705. The Hall–Kier alpha value is -1.55. The minimum Gasteiger partial charge on any atom is -0.342 e. The predicted octanol–water partition coefficient (Wildman–Crippen LogP) is 2.32. The highest BCUT2D eigenvalue weighted by atomic mass is 35.5. The van der Waals surface area contributed by atoms with Gasteiger partial charge in [0.15, 0.2) is 0 Å². The first-order valence-electron chi connectivity index (χ1n) is 7.00. The average molecular weight is 293 g/mol. The molecule has 0 spiro atoms. The van der Waals surface area contributed by atoms with E-state index in [2.05, 4.69) is 0 Å². The van der Waals surface area contributed by atoms with Gasteiger partial charge in [-0.15, -0.1) is 0 Å². The molecule has 1 atom stereocenters. The lowest BCUT2D eigenvalue weighted by Crippen LogP contribution is -2.35. The molecule has 0 aromatic heterocycles. The molecule has 2 heterocycles. The van der Waals surface area contributed by atoms with Gasteiger partial charge in [-0.25, -0.2) is 0 Å². The number of nitrogens with zero attached hydrogens (tertiary/aromatic N) is 2. The fourth-order valence-corrected chi connectivity index (χ4v) is 3.21. The maximum Gasteiger partial charge on any atom is 0.228 e. The number of benzene rings is 1. The molecule has 1 aromatic carbocycles. The highest BCUT2D eigenvalue weighted by molar-refractivity contribution is 6.33. The Bertz CT molecular complexity index is 540. The number of anilines is 1. The number of hydrogen-bond acceptors (Lipinski definition) is 2. The molecule has 0 bridgehead atoms. The molecule has 2 fully saturated rings. The molecule has 0 radical (unpaired) electrons. The van der Waals surface area contributed by atoms with Gasteiger partial charge >= 0.3 is 0 Å². The van der Waals surface area contributed by atoms with Crippen LogP contribution in [-0.2, 0) is 9.59 Å². The maximum absolute atomic E-state index is 12.4. The van der Waals surface area contributed by atoms with Crippen LogP contribution in [0.15, 0.2) is 24.3 Å². The summed E-state index contributed by atoms with van der Waals surface area (Å²) in [6.45, 7) is 2.10. The third-order valence-corrected chi connectivity index (χ3v) is 4.35. The van der Waals surface area contributed by atoms with Crippen LogP contribution in [0.5, 0.6) is 0 Å². The molecule has 4 nitrogen and oxygen atoms in total. The second-order valence-corrected chi connectivity index (χ2v) is 5.80. The van der Waals surface area contributed by atoms with Crippen molar-refractivity contribution in [2.75, 3.05) is 24.5 Å². The SMILES string of the molecule is O=C(C1CC(=O)N(c2ccccc2Cl)C1)N1CCCC1. The lowest BCUT2D eigenvalue weighted by atomic mass is 10.1. The second kappa shape index (κ2) is 5.44. The molecule has 20 heavy (non-hydrogen) atoms. The number of carbonyl (C=O) groups excluding carboxylic acids is 2. The third-order valence-electron chi connectivity index (χ3n) is 4.04. The zero-order valence-electron chi connectivity index (χ0n) is 11.2. The van der Waals surface area contributed by atoms with Gasteiger partial charge in [0.2, 0.25) is 11.8 Å². The molecule has 5 heteroatoms. The van der Waals surface area contributed by atoms with Gasteiger partial charge in [-0.2, -0.15) is 0 Å². The van der Waals surface area contributed by atoms with Gasteiger partial charge in [0.25, 0.3) is 0 Å². The summed E-state index contributed by atoms with van der Waals surface area (Å²) in [5.74, 6) is -0.127. The van der Waals surface area contributed by atoms with Crippen LogP contribution in [0.1, 0.15) is 19.3 Å². The van der Waals surface area contributed by atoms with Crippen molar-refractivity contribution in [1.82, 2.24) is 4.90 Å². The van der Waals surface area contributed by atoms with Crippen molar-refractivity contribution in [3.8, 4) is 0 Å². The predicted molar refractivity (Wildman–Crippen MR) is 77.7 cm³/mol. The molecular weight excluding hydrogens is 276 g/mol. The molecule has 2 saturated heterocycles. The first-order chi connectivity index (χ1) is 9.66. The van der Waals surface area contributed by atoms with Crippen LogP contribution >= 0.6 is 11.6 Å². The van der Waals surface area contributed by atoms with Crippen molar-refractivity contribution in [2.24, 2.45) is 5.92 Å². The molecule has 2 aliphatic rings. The molecule has 1 aromatic rings. The van der Waals surface area contributed by atoms with E-state index >= 15 is 0 Å². The van der Waals surface area contributed by atoms with E-state index in [4.69, 9.17) is 11.6 Å². The van der Waals surface area contributed by atoms with E-state index in [1.807, 2.05) is 23.1 Å². The van der Waals surface area contributed by atoms with E-state index in [1.54, 1.807) is 11.0 Å². The van der Waals surface area contributed by atoms with Gasteiger partial charge in [-0.1, -0.05) is 23.7 Å². The summed E-state index contributed by atoms with van der Waals surface area (Å²) >= 11 is 6.13. The first-order valence-corrected chi connectivity index (χ1v) is 7.38. The van der Waals surface area contributed by atoms with Gasteiger partial charge in [-0.05, 0) is 25.0 Å². The van der Waals surface area contributed by atoms with Crippen LogP contribution in [0.2, 0.25) is 5.02 Å². The smallest absolute Gasteiger partial charge is 0.228 e. The Morgan fingerprint density at radius 3 is 2.60 bits per heavy atom. The lowest BCUT2D eigenvalue weighted by molar-refractivity contribution is -0.134. The standard InChI is InChI=1S/C15H17ClN2O2/c16-12-5-1-2-6-13(12)18-10-11(9-14(18)19)15(20)17-7-3-4-8-17/h1-2,5-6,11H,3-4,7-10H2. The normalized spacial score (nSPS) is 22.6. The Kier molecular flexibility index (Phi) is 3.66. The van der Waals surface area contributed by atoms with Crippen LogP contribution in [0.25, 0.3) is 0 Å². The molecule has 3 rings (SSSR count). The average Bonchev–Trinajstić information content (AvgIpc) is 3.08. The molecule has 0 N–H and O–H groups in total. The van der Waals surface area contributed by atoms with Crippen molar-refractivity contribution in [3.05, 3.63) is 29.3 Å². The topological polar surface area (TPSA) is 40.6 Å². The molecular formula is C15H17ClN2O2. The molecule has 0 saturated carbocycles. The van der Waals surface area contributed by atoms with E-state index in [1.165, 1.54) is 0 Å². The molecule has 106 valence electrons. The number of rotatable bonds is 2. The largest absolute Gasteiger partial charge is 0.342 e. The molecule has 2 aliphatic heterocycles. The van der Waals surface area contributed by atoms with Gasteiger partial charge < -0.3 is 9.80 Å². The monoisotopic (exact) mass is 292 g/mol. The molecule has 1 unspecified atom stereocenters. The number of amides is 2. The summed E-state index contributed by atoms with van der Waals surface area (Å²) in [5, 5.41) is 0.551. The van der Waals surface area contributed by atoms with Gasteiger partial charge in [0.05, 0.1) is 16.6 Å². The zero-order chi connectivity index (χ0) is 14.1. The summed E-state index contributed by atoms with van der Waals surface area (Å²) < 4.78 is 0. The molecule has 0 aliphatic carbocycles. The molecule has 2 amide bonds. The summed E-state index contributed by atoms with van der Waals surface area (Å²) in [6.07, 6.45) is 2.43. The highest BCUT2D eigenvalue weighted by Crippen LogP contribution is 2.31. The van der Waals surface area contributed by atoms with Crippen LogP contribution in [-0.4, -0.2) is 36.3 Å². The van der Waals surface area contributed by atoms with Crippen molar-refractivity contribution >= 4 is 29.1 Å². The third kappa shape index (κ3) is 2.40. The van der Waals surface area contributed by atoms with Crippen LogP contribution in [0.4, 0.5) is 5.69 Å². The Balaban J connectivity index is 1.75. The Labute approximate surface area is 123 Å². The summed E-state index contributed by atoms with van der Waals surface area (Å²) in [7, 11) is 0. The fraction of sp³-hybridized carbons (Fsp3) is 0.467. The number of para-hydroxylation sites is 1. The van der Waals surface area contributed by atoms with E-state index in [9.17, 15) is 9.59 Å². The zero-order valence-corrected chi connectivity index (χ0v) is 12.0. The minimum absolute atomic E-state index is 0.0179. The Morgan fingerprint density at radius 1 is 1.20 bits per heavy atom. The van der Waals surface area contributed by atoms with Gasteiger partial charge in [-0.3, -0.25) is 9.59 Å². The van der Waals surface area contributed by atoms with Crippen LogP contribution in [0.3, 0.4) is 0 Å². The highest BCUT2D eigenvalue weighted by Gasteiger charge is 2.38. The fourth-order valence-electron chi connectivity index (χ4n) is 2.97. The van der Waals surface area contributed by atoms with E-state index in [-0.39, 0.29) is 17.7 Å². The number of hydrogen-bond donors (Lipinski definition) is 0. The minimum atomic E-state index is -0.225. The van der Waals surface area contributed by atoms with E-state index < -0.39 is 0 Å². The Morgan fingerprint density at radius 2 is 1.90 bits per heavy atom. The van der Waals surface area contributed by atoms with E-state index in [0.717, 1.165) is 25.9 Å². The lowest BCUT2D eigenvalue weighted by Gasteiger charge is -2.21. The second-order valence-electron chi connectivity index (χ2n) is 5.39. The quantitative estimate of drug-likeness (QED) is 0.839. The van der Waals surface area contributed by atoms with Crippen molar-refractivity contribution in [2.45, 2.75) is 19.3 Å². The van der Waals surface area contributed by atoms with E-state index in [0.29, 0.717) is 23.7 Å². The van der Waals surface area contributed by atoms with Crippen molar-refractivity contribution in [1.29, 1.82) is 0 Å². The summed E-state index contributed by atoms with van der Waals surface area (Å²) in [4.78, 5) is 28.0. The van der Waals surface area contributed by atoms with Crippen LogP contribution < -0.4 is 4.90 Å². The van der Waals surface area contributed by atoms with Crippen molar-refractivity contribution < 1.29 is 9.59 Å². The number of halogens is 1. The summed E-state index contributed by atoms with van der Waals surface area (Å²) in [6, 6.07) is 7.27. The van der Waals surface area contributed by atoms with Gasteiger partial charge in [0.1, 0.15) is 0 Å². The number of likely N-dealkylation sites (tertiary alicyclic amines) is 1. The van der Waals surface area contributed by atoms with Crippen LogP contribution in [0, 0.1) is 5.92 Å². The maximum atomic E-state index is 12.4. The van der Waals surface area contributed by atoms with Crippen molar-refractivity contribution in [3.63, 3.8) is 0 Å². The number of carbonyl (C=O) groups is 2. The first kappa shape index (κ1) is 13.4.